The zero-order valence-electron chi connectivity index (χ0n) is 14.6. The Morgan fingerprint density at radius 3 is 2.10 bits per heavy atom. The third-order valence-corrected chi connectivity index (χ3v) is 5.48. The smallest absolute Gasteiger partial charge is 0.296 e. The average molecular weight is 412 g/mol. The fourth-order valence-corrected chi connectivity index (χ4v) is 3.97. The first-order valence-electron chi connectivity index (χ1n) is 8.33. The quantitative estimate of drug-likeness (QED) is 0.348. The highest BCUT2D eigenvalue weighted by Gasteiger charge is 2.36. The second-order valence-corrected chi connectivity index (χ2v) is 7.79. The summed E-state index contributed by atoms with van der Waals surface area (Å²) in [7, 11) is -4.81. The number of rotatable bonds is 3. The molecule has 9 heteroatoms. The number of anilines is 3. The predicted octanol–water partition coefficient (Wildman–Crippen LogP) is 3.17. The highest BCUT2D eigenvalue weighted by molar-refractivity contribution is 7.86. The van der Waals surface area contributed by atoms with Crippen LogP contribution in [-0.2, 0) is 10.1 Å². The lowest BCUT2D eigenvalue weighted by molar-refractivity contribution is 0.0980. The van der Waals surface area contributed by atoms with Crippen LogP contribution in [0.5, 0.6) is 0 Å². The van der Waals surface area contributed by atoms with Gasteiger partial charge >= 0.3 is 0 Å². The minimum atomic E-state index is -4.81. The van der Waals surface area contributed by atoms with Crippen LogP contribution in [0.2, 0.25) is 0 Å². The molecule has 3 aromatic rings. The van der Waals surface area contributed by atoms with Gasteiger partial charge in [-0.1, -0.05) is 30.3 Å². The minimum Gasteiger partial charge on any atom is -0.397 e. The maximum atomic E-state index is 13.6. The Morgan fingerprint density at radius 2 is 1.52 bits per heavy atom. The summed E-state index contributed by atoms with van der Waals surface area (Å²) in [6.07, 6.45) is 0. The van der Waals surface area contributed by atoms with Crippen LogP contribution in [0.15, 0.2) is 59.5 Å². The molecule has 1 aliphatic rings. The number of fused-ring (bicyclic) bond motifs is 2. The number of ketones is 2. The molecule has 0 unspecified atom stereocenters. The van der Waals surface area contributed by atoms with Crippen LogP contribution >= 0.6 is 0 Å². The van der Waals surface area contributed by atoms with Crippen molar-refractivity contribution >= 4 is 38.7 Å². The third-order valence-electron chi connectivity index (χ3n) is 4.58. The van der Waals surface area contributed by atoms with E-state index in [9.17, 15) is 27.0 Å². The van der Waals surface area contributed by atoms with Crippen LogP contribution in [0.4, 0.5) is 21.5 Å². The van der Waals surface area contributed by atoms with Gasteiger partial charge < -0.3 is 11.1 Å². The van der Waals surface area contributed by atoms with Gasteiger partial charge in [-0.25, -0.2) is 4.39 Å². The lowest BCUT2D eigenvalue weighted by atomic mass is 9.82. The molecule has 0 aromatic heterocycles. The number of nitrogens with one attached hydrogen (secondary N) is 1. The van der Waals surface area contributed by atoms with E-state index in [2.05, 4.69) is 5.32 Å². The Labute approximate surface area is 164 Å². The zero-order valence-corrected chi connectivity index (χ0v) is 15.5. The summed E-state index contributed by atoms with van der Waals surface area (Å²) in [6.45, 7) is 0. The molecule has 29 heavy (non-hydrogen) atoms. The maximum absolute atomic E-state index is 13.6. The van der Waals surface area contributed by atoms with Crippen molar-refractivity contribution in [3.8, 4) is 0 Å². The second kappa shape index (κ2) is 6.50. The Hall–Kier alpha value is -3.56. The molecule has 4 N–H and O–H groups in total. The van der Waals surface area contributed by atoms with Crippen LogP contribution in [0.25, 0.3) is 0 Å². The van der Waals surface area contributed by atoms with Crippen LogP contribution in [0.1, 0.15) is 31.8 Å². The number of hydrogen-bond donors (Lipinski definition) is 3. The molecule has 1 aliphatic carbocycles. The van der Waals surface area contributed by atoms with Gasteiger partial charge in [-0.05, 0) is 24.3 Å². The summed E-state index contributed by atoms with van der Waals surface area (Å²) in [5, 5.41) is 2.75. The average Bonchev–Trinajstić information content (AvgIpc) is 2.66. The van der Waals surface area contributed by atoms with Gasteiger partial charge in [0.2, 0.25) is 0 Å². The van der Waals surface area contributed by atoms with Crippen LogP contribution in [0, 0.1) is 5.82 Å². The molecule has 0 aliphatic heterocycles. The van der Waals surface area contributed by atoms with Gasteiger partial charge in [0.1, 0.15) is 10.7 Å². The largest absolute Gasteiger partial charge is 0.397 e. The molecular weight excluding hydrogens is 399 g/mol. The molecular formula is C20H13FN2O5S. The number of carbonyl (C=O) groups is 2. The number of nitrogens with two attached hydrogens (primary N) is 1. The van der Waals surface area contributed by atoms with Crippen molar-refractivity contribution in [3.05, 3.63) is 82.7 Å². The van der Waals surface area contributed by atoms with E-state index in [0.717, 1.165) is 12.1 Å². The molecule has 0 radical (unpaired) electrons. The van der Waals surface area contributed by atoms with Crippen molar-refractivity contribution in [1.82, 2.24) is 0 Å². The van der Waals surface area contributed by atoms with E-state index in [4.69, 9.17) is 5.73 Å². The number of carbonyl (C=O) groups excluding carboxylic acids is 2. The van der Waals surface area contributed by atoms with E-state index >= 15 is 0 Å². The third kappa shape index (κ3) is 3.06. The lowest BCUT2D eigenvalue weighted by Crippen LogP contribution is -2.25. The molecule has 0 heterocycles. The molecule has 0 saturated heterocycles. The topological polar surface area (TPSA) is 127 Å². The Bertz CT molecular complexity index is 1320. The summed E-state index contributed by atoms with van der Waals surface area (Å²) in [6, 6.07) is 12.2. The SMILES string of the molecule is Nc1c(S(=O)(=O)O)cc(Nc2cccc(F)c2)c2c1C(=O)c1ccccc1C2=O. The fourth-order valence-electron chi connectivity index (χ4n) is 3.33. The Balaban J connectivity index is 2.03. The van der Waals surface area contributed by atoms with Gasteiger partial charge in [-0.3, -0.25) is 14.1 Å². The van der Waals surface area contributed by atoms with Gasteiger partial charge in [0.15, 0.2) is 11.6 Å². The Kier molecular flexibility index (Phi) is 4.21. The highest BCUT2D eigenvalue weighted by Crippen LogP contribution is 2.40. The summed E-state index contributed by atoms with van der Waals surface area (Å²) < 4.78 is 46.8. The minimum absolute atomic E-state index is 0.0703. The molecule has 0 spiro atoms. The van der Waals surface area contributed by atoms with Crippen LogP contribution in [0.3, 0.4) is 0 Å². The van der Waals surface area contributed by atoms with Crippen molar-refractivity contribution in [2.45, 2.75) is 4.90 Å². The van der Waals surface area contributed by atoms with Crippen LogP contribution < -0.4 is 11.1 Å². The monoisotopic (exact) mass is 412 g/mol. The van der Waals surface area contributed by atoms with Crippen LogP contribution in [-0.4, -0.2) is 24.5 Å². The summed E-state index contributed by atoms with van der Waals surface area (Å²) in [5.41, 5.74) is 5.19. The molecule has 0 bridgehead atoms. The van der Waals surface area contributed by atoms with Gasteiger partial charge in [0.25, 0.3) is 10.1 Å². The summed E-state index contributed by atoms with van der Waals surface area (Å²) in [5.74, 6) is -1.77. The molecule has 3 aromatic carbocycles. The summed E-state index contributed by atoms with van der Waals surface area (Å²) in [4.78, 5) is 25.4. The fraction of sp³-hybridized carbons (Fsp3) is 0. The van der Waals surface area contributed by atoms with Crippen molar-refractivity contribution in [2.24, 2.45) is 0 Å². The van der Waals surface area contributed by atoms with E-state index < -0.39 is 38.1 Å². The number of hydrogen-bond acceptors (Lipinski definition) is 6. The first-order chi connectivity index (χ1) is 13.7. The first-order valence-corrected chi connectivity index (χ1v) is 9.77. The predicted molar refractivity (Wildman–Crippen MR) is 104 cm³/mol. The molecule has 0 amide bonds. The summed E-state index contributed by atoms with van der Waals surface area (Å²) >= 11 is 0. The normalized spacial score (nSPS) is 13.0. The van der Waals surface area contributed by atoms with Crippen molar-refractivity contribution in [1.29, 1.82) is 0 Å². The highest BCUT2D eigenvalue weighted by atomic mass is 32.2. The van der Waals surface area contributed by atoms with Gasteiger partial charge in [0.05, 0.1) is 22.5 Å². The lowest BCUT2D eigenvalue weighted by Gasteiger charge is -2.23. The molecule has 0 saturated carbocycles. The second-order valence-electron chi connectivity index (χ2n) is 6.40. The zero-order chi connectivity index (χ0) is 20.9. The first kappa shape index (κ1) is 18.8. The van der Waals surface area contributed by atoms with Gasteiger partial charge in [-0.15, -0.1) is 0 Å². The Morgan fingerprint density at radius 1 is 0.897 bits per heavy atom. The molecule has 4 rings (SSSR count). The van der Waals surface area contributed by atoms with Gasteiger partial charge in [0, 0.05) is 16.8 Å². The van der Waals surface area contributed by atoms with Crippen molar-refractivity contribution in [2.75, 3.05) is 11.1 Å². The van der Waals surface area contributed by atoms with E-state index in [-0.39, 0.29) is 33.6 Å². The van der Waals surface area contributed by atoms with E-state index in [0.29, 0.717) is 0 Å². The molecule has 146 valence electrons. The van der Waals surface area contributed by atoms with Gasteiger partial charge in [-0.2, -0.15) is 8.42 Å². The maximum Gasteiger partial charge on any atom is 0.296 e. The van der Waals surface area contributed by atoms with E-state index in [1.54, 1.807) is 12.1 Å². The van der Waals surface area contributed by atoms with E-state index in [1.807, 2.05) is 0 Å². The van der Waals surface area contributed by atoms with Crippen molar-refractivity contribution in [3.63, 3.8) is 0 Å². The standard InChI is InChI=1S/C20H13FN2O5S/c21-10-4-3-5-11(8-10)23-14-9-15(29(26,27)28)18(22)17-16(14)19(24)12-6-1-2-7-13(12)20(17)25/h1-9,23H,22H2,(H,26,27,28). The number of benzene rings is 3. The molecule has 0 atom stereocenters. The van der Waals surface area contributed by atoms with Crippen molar-refractivity contribution < 1.29 is 27.0 Å². The number of halogens is 1. The molecule has 0 fully saturated rings. The van der Waals surface area contributed by atoms with E-state index in [1.165, 1.54) is 30.3 Å². The molecule has 7 nitrogen and oxygen atoms in total. The number of nitrogen functional groups attached to an aromatic ring is 1.